The van der Waals surface area contributed by atoms with Crippen LogP contribution in [0.2, 0.25) is 5.02 Å². The number of Topliss-reactive ketones (excluding diaryl/α,β-unsaturated/α-hetero) is 1. The highest BCUT2D eigenvalue weighted by Gasteiger charge is 2.17. The van der Waals surface area contributed by atoms with E-state index in [1.165, 1.54) is 0 Å². The summed E-state index contributed by atoms with van der Waals surface area (Å²) in [7, 11) is 0. The second kappa shape index (κ2) is 7.62. The molecule has 0 unspecified atom stereocenters. The molecule has 20 heavy (non-hydrogen) atoms. The summed E-state index contributed by atoms with van der Waals surface area (Å²) >= 11 is 6.19. The van der Waals surface area contributed by atoms with Crippen LogP contribution in [0, 0.1) is 0 Å². The van der Waals surface area contributed by atoms with Gasteiger partial charge in [-0.2, -0.15) is 0 Å². The van der Waals surface area contributed by atoms with Crippen LogP contribution in [-0.4, -0.2) is 50.0 Å². The fraction of sp³-hybridized carbons (Fsp3) is 0.533. The highest BCUT2D eigenvalue weighted by Crippen LogP contribution is 2.23. The normalized spacial score (nSPS) is 16.1. The molecule has 5 heteroatoms. The summed E-state index contributed by atoms with van der Waals surface area (Å²) in [5, 5.41) is 3.74. The molecule has 1 fully saturated rings. The smallest absolute Gasteiger partial charge is 0.178 e. The molecule has 1 aromatic rings. The molecular weight excluding hydrogens is 276 g/mol. The first-order valence-electron chi connectivity index (χ1n) is 7.09. The number of benzene rings is 1. The quantitative estimate of drug-likeness (QED) is 0.817. The maximum absolute atomic E-state index is 12.3. The van der Waals surface area contributed by atoms with Gasteiger partial charge in [0.1, 0.15) is 5.75 Å². The molecule has 1 N–H and O–H groups in total. The zero-order valence-electron chi connectivity index (χ0n) is 11.8. The lowest BCUT2D eigenvalue weighted by molar-refractivity contribution is 0.0921. The van der Waals surface area contributed by atoms with Gasteiger partial charge >= 0.3 is 0 Å². The van der Waals surface area contributed by atoms with Crippen molar-refractivity contribution < 1.29 is 9.53 Å². The molecule has 0 bridgehead atoms. The molecule has 0 aliphatic carbocycles. The van der Waals surface area contributed by atoms with Gasteiger partial charge in [0.25, 0.3) is 0 Å². The molecule has 0 amide bonds. The number of hydrogen-bond donors (Lipinski definition) is 1. The fourth-order valence-electron chi connectivity index (χ4n) is 2.19. The first-order chi connectivity index (χ1) is 9.70. The first kappa shape index (κ1) is 15.3. The number of halogens is 1. The number of nitrogens with one attached hydrogen (secondary N) is 1. The second-order valence-corrected chi connectivity index (χ2v) is 5.35. The van der Waals surface area contributed by atoms with Crippen LogP contribution < -0.4 is 10.1 Å². The third kappa shape index (κ3) is 4.20. The van der Waals surface area contributed by atoms with Crippen LogP contribution in [0.25, 0.3) is 0 Å². The topological polar surface area (TPSA) is 41.6 Å². The van der Waals surface area contributed by atoms with E-state index in [-0.39, 0.29) is 5.78 Å². The van der Waals surface area contributed by atoms with E-state index >= 15 is 0 Å². The van der Waals surface area contributed by atoms with Gasteiger partial charge < -0.3 is 10.1 Å². The van der Waals surface area contributed by atoms with Gasteiger partial charge in [-0.25, -0.2) is 0 Å². The number of nitrogens with zero attached hydrogens (tertiary/aromatic N) is 1. The highest BCUT2D eigenvalue weighted by molar-refractivity contribution is 6.34. The van der Waals surface area contributed by atoms with Crippen LogP contribution in [0.1, 0.15) is 23.7 Å². The minimum Gasteiger partial charge on any atom is -0.494 e. The molecule has 110 valence electrons. The van der Waals surface area contributed by atoms with Crippen LogP contribution in [0.3, 0.4) is 0 Å². The zero-order chi connectivity index (χ0) is 14.4. The Balaban J connectivity index is 1.98. The summed E-state index contributed by atoms with van der Waals surface area (Å²) in [4.78, 5) is 14.4. The summed E-state index contributed by atoms with van der Waals surface area (Å²) in [6.45, 7) is 6.81. The minimum absolute atomic E-state index is 0.0685. The zero-order valence-corrected chi connectivity index (χ0v) is 12.6. The standard InChI is InChI=1S/C15H21ClN2O2/c1-2-9-20-12-3-4-13(14(16)10-12)15(19)11-18-7-5-17-6-8-18/h3-4,10,17H,2,5-9,11H2,1H3. The van der Waals surface area contributed by atoms with Crippen molar-refractivity contribution in [1.29, 1.82) is 0 Å². The molecule has 1 aliphatic rings. The van der Waals surface area contributed by atoms with Crippen molar-refractivity contribution >= 4 is 17.4 Å². The molecule has 1 saturated heterocycles. The summed E-state index contributed by atoms with van der Waals surface area (Å²) in [6.07, 6.45) is 0.946. The SMILES string of the molecule is CCCOc1ccc(C(=O)CN2CCNCC2)c(Cl)c1. The van der Waals surface area contributed by atoms with Gasteiger partial charge in [-0.3, -0.25) is 9.69 Å². The lowest BCUT2D eigenvalue weighted by atomic mass is 10.1. The van der Waals surface area contributed by atoms with Crippen molar-refractivity contribution in [3.63, 3.8) is 0 Å². The lowest BCUT2D eigenvalue weighted by Crippen LogP contribution is -2.45. The Kier molecular flexibility index (Phi) is 5.83. The Labute approximate surface area is 125 Å². The third-order valence-electron chi connectivity index (χ3n) is 3.29. The molecule has 0 spiro atoms. The molecule has 0 saturated carbocycles. The largest absolute Gasteiger partial charge is 0.494 e. The van der Waals surface area contributed by atoms with Crippen molar-refractivity contribution in [2.24, 2.45) is 0 Å². The monoisotopic (exact) mass is 296 g/mol. The highest BCUT2D eigenvalue weighted by atomic mass is 35.5. The van der Waals surface area contributed by atoms with Gasteiger partial charge in [0.2, 0.25) is 0 Å². The number of piperazine rings is 1. The Morgan fingerprint density at radius 1 is 1.40 bits per heavy atom. The number of ketones is 1. The van der Waals surface area contributed by atoms with Crippen LogP contribution in [0.4, 0.5) is 0 Å². The van der Waals surface area contributed by atoms with E-state index in [1.54, 1.807) is 12.1 Å². The van der Waals surface area contributed by atoms with E-state index in [0.29, 0.717) is 23.7 Å². The molecular formula is C15H21ClN2O2. The van der Waals surface area contributed by atoms with Gasteiger partial charge in [-0.1, -0.05) is 18.5 Å². The van der Waals surface area contributed by atoms with Gasteiger partial charge in [0.05, 0.1) is 18.2 Å². The van der Waals surface area contributed by atoms with Crippen molar-refractivity contribution in [2.75, 3.05) is 39.3 Å². The fourth-order valence-corrected chi connectivity index (χ4v) is 2.47. The van der Waals surface area contributed by atoms with Gasteiger partial charge in [-0.05, 0) is 24.6 Å². The van der Waals surface area contributed by atoms with Crippen molar-refractivity contribution in [2.45, 2.75) is 13.3 Å². The van der Waals surface area contributed by atoms with E-state index in [1.807, 2.05) is 13.0 Å². The Hall–Kier alpha value is -1.10. The van der Waals surface area contributed by atoms with Crippen LogP contribution in [0.15, 0.2) is 18.2 Å². The molecule has 0 radical (unpaired) electrons. The summed E-state index contributed by atoms with van der Waals surface area (Å²) in [5.41, 5.74) is 0.578. The summed E-state index contributed by atoms with van der Waals surface area (Å²) < 4.78 is 5.51. The predicted molar refractivity (Wildman–Crippen MR) is 80.9 cm³/mol. The van der Waals surface area contributed by atoms with Crippen LogP contribution >= 0.6 is 11.6 Å². The third-order valence-corrected chi connectivity index (χ3v) is 3.60. The molecule has 4 nitrogen and oxygen atoms in total. The molecule has 1 heterocycles. The minimum atomic E-state index is 0.0685. The average Bonchev–Trinajstić information content (AvgIpc) is 2.46. The Morgan fingerprint density at radius 2 is 2.15 bits per heavy atom. The van der Waals surface area contributed by atoms with E-state index < -0.39 is 0 Å². The van der Waals surface area contributed by atoms with E-state index in [4.69, 9.17) is 16.3 Å². The number of hydrogen-bond acceptors (Lipinski definition) is 4. The molecule has 1 aliphatic heterocycles. The van der Waals surface area contributed by atoms with Crippen LogP contribution in [0.5, 0.6) is 5.75 Å². The molecule has 1 aromatic carbocycles. The number of ether oxygens (including phenoxy) is 1. The number of rotatable bonds is 6. The Bertz CT molecular complexity index is 459. The molecule has 0 atom stereocenters. The lowest BCUT2D eigenvalue weighted by Gasteiger charge is -2.26. The van der Waals surface area contributed by atoms with Gasteiger partial charge in [0, 0.05) is 31.7 Å². The molecule has 0 aromatic heterocycles. The van der Waals surface area contributed by atoms with E-state index in [2.05, 4.69) is 10.2 Å². The van der Waals surface area contributed by atoms with Crippen molar-refractivity contribution in [1.82, 2.24) is 10.2 Å². The molecule has 2 rings (SSSR count). The average molecular weight is 297 g/mol. The van der Waals surface area contributed by atoms with Gasteiger partial charge in [0.15, 0.2) is 5.78 Å². The second-order valence-electron chi connectivity index (χ2n) is 4.94. The van der Waals surface area contributed by atoms with Crippen molar-refractivity contribution in [3.05, 3.63) is 28.8 Å². The summed E-state index contributed by atoms with van der Waals surface area (Å²) in [6, 6.07) is 5.30. The van der Waals surface area contributed by atoms with E-state index in [0.717, 1.165) is 38.3 Å². The first-order valence-corrected chi connectivity index (χ1v) is 7.47. The van der Waals surface area contributed by atoms with E-state index in [9.17, 15) is 4.79 Å². The maximum Gasteiger partial charge on any atom is 0.178 e. The van der Waals surface area contributed by atoms with Crippen molar-refractivity contribution in [3.8, 4) is 5.75 Å². The van der Waals surface area contributed by atoms with Crippen LogP contribution in [-0.2, 0) is 0 Å². The maximum atomic E-state index is 12.3. The van der Waals surface area contributed by atoms with Gasteiger partial charge in [-0.15, -0.1) is 0 Å². The number of carbonyl (C=O) groups excluding carboxylic acids is 1. The number of carbonyl (C=O) groups is 1. The Morgan fingerprint density at radius 3 is 2.80 bits per heavy atom. The summed E-state index contributed by atoms with van der Waals surface area (Å²) in [5.74, 6) is 0.787. The predicted octanol–water partition coefficient (Wildman–Crippen LogP) is 2.22.